The Morgan fingerprint density at radius 1 is 0.755 bits per heavy atom. The van der Waals surface area contributed by atoms with Crippen molar-refractivity contribution in [3.8, 4) is 0 Å². The molecule has 0 atom stereocenters. The van der Waals surface area contributed by atoms with Crippen LogP contribution in [0.1, 0.15) is 35.1 Å². The average Bonchev–Trinajstić information content (AvgIpc) is 3.03. The number of nitrogens with zero attached hydrogens (tertiary/aromatic N) is 3. The predicted octanol–water partition coefficient (Wildman–Crippen LogP) is 4.29. The molecule has 49 heavy (non-hydrogen) atoms. The minimum Gasteiger partial charge on any atom is -0.481 e. The average molecular weight is 722 g/mol. The van der Waals surface area contributed by atoms with E-state index in [1.165, 1.54) is 18.2 Å². The Kier molecular flexibility index (Phi) is 10.2. The molecule has 0 saturated carbocycles. The van der Waals surface area contributed by atoms with Gasteiger partial charge in [0.05, 0.1) is 15.5 Å². The van der Waals surface area contributed by atoms with E-state index in [1.807, 2.05) is 37.2 Å². The predicted molar refractivity (Wildman–Crippen MR) is 194 cm³/mol. The van der Waals surface area contributed by atoms with Crippen LogP contribution in [0.2, 0.25) is 13.1 Å². The van der Waals surface area contributed by atoms with Crippen molar-refractivity contribution < 1.29 is 35.8 Å². The van der Waals surface area contributed by atoms with E-state index in [0.717, 1.165) is 44.2 Å². The summed E-state index contributed by atoms with van der Waals surface area (Å²) in [5.41, 5.74) is 5.91. The Morgan fingerprint density at radius 2 is 1.31 bits per heavy atom. The third-order valence-electron chi connectivity index (χ3n) is 8.86. The first kappa shape index (κ1) is 36.0. The number of aliphatic imine (C=N–C) groups is 1. The van der Waals surface area contributed by atoms with Crippen molar-refractivity contribution >= 4 is 61.7 Å². The monoisotopic (exact) mass is 721 g/mol. The molecule has 14 heteroatoms. The maximum Gasteiger partial charge on any atom is 0.303 e. The van der Waals surface area contributed by atoms with Crippen molar-refractivity contribution in [2.75, 3.05) is 30.4 Å². The first-order valence-corrected chi connectivity index (χ1v) is 21.4. The molecular weight excluding hydrogens is 683 g/mol. The van der Waals surface area contributed by atoms with Crippen molar-refractivity contribution in [2.45, 2.75) is 48.8 Å². The van der Waals surface area contributed by atoms with Crippen LogP contribution in [-0.2, 0) is 38.1 Å². The lowest BCUT2D eigenvalue weighted by atomic mass is 9.99. The molecule has 5 rings (SSSR count). The summed E-state index contributed by atoms with van der Waals surface area (Å²) in [5, 5.41) is 11.5. The third-order valence-corrected chi connectivity index (χ3v) is 14.2. The number of carboxylic acids is 1. The van der Waals surface area contributed by atoms with Gasteiger partial charge >= 0.3 is 5.97 Å². The lowest BCUT2D eigenvalue weighted by molar-refractivity contribution is -0.137. The molecule has 0 unspecified atom stereocenters. The Labute approximate surface area is 288 Å². The zero-order valence-corrected chi connectivity index (χ0v) is 30.3. The largest absolute Gasteiger partial charge is 0.481 e. The highest BCUT2D eigenvalue weighted by Crippen LogP contribution is 2.28. The first-order valence-electron chi connectivity index (χ1n) is 15.6. The fourth-order valence-electron chi connectivity index (χ4n) is 6.23. The van der Waals surface area contributed by atoms with Gasteiger partial charge in [0.1, 0.15) is 8.07 Å². The van der Waals surface area contributed by atoms with Crippen LogP contribution in [0.15, 0.2) is 99.7 Å². The number of carbonyl (C=O) groups is 1. The van der Waals surface area contributed by atoms with E-state index >= 15 is 0 Å². The summed E-state index contributed by atoms with van der Waals surface area (Å²) in [7, 11) is -7.28. The number of fused-ring (bicyclic) bond motifs is 2. The van der Waals surface area contributed by atoms with Crippen LogP contribution in [0, 0.1) is 0 Å². The minimum absolute atomic E-state index is 0.0143. The summed E-state index contributed by atoms with van der Waals surface area (Å²) in [6.07, 6.45) is 0.413. The van der Waals surface area contributed by atoms with E-state index in [1.54, 1.807) is 30.3 Å². The number of hydrogen-bond donors (Lipinski definition) is 3. The van der Waals surface area contributed by atoms with Crippen LogP contribution in [0.4, 0.5) is 11.4 Å². The van der Waals surface area contributed by atoms with Crippen molar-refractivity contribution in [1.29, 1.82) is 0 Å². The van der Waals surface area contributed by atoms with Crippen molar-refractivity contribution in [2.24, 2.45) is 4.99 Å². The number of carboxylic acid groups (broad SMARTS) is 1. The number of hydrogen-bond acceptors (Lipinski definition) is 8. The van der Waals surface area contributed by atoms with E-state index in [2.05, 4.69) is 36.2 Å². The third kappa shape index (κ3) is 7.94. The van der Waals surface area contributed by atoms with Crippen LogP contribution in [0.5, 0.6) is 0 Å². The molecule has 4 aromatic rings. The van der Waals surface area contributed by atoms with Crippen LogP contribution in [-0.4, -0.2) is 71.4 Å². The molecule has 0 radical (unpaired) electrons. The Hall–Kier alpha value is -4.34. The van der Waals surface area contributed by atoms with Crippen molar-refractivity contribution in [1.82, 2.24) is 0 Å². The van der Waals surface area contributed by atoms with Gasteiger partial charge in [0.2, 0.25) is 0 Å². The molecule has 3 N–H and O–H groups in total. The van der Waals surface area contributed by atoms with Gasteiger partial charge in [0, 0.05) is 62.7 Å². The van der Waals surface area contributed by atoms with Crippen LogP contribution < -0.4 is 20.2 Å². The number of aliphatic carboxylic acids is 1. The lowest BCUT2D eigenvalue weighted by Crippen LogP contribution is -2.60. The fourth-order valence-corrected chi connectivity index (χ4v) is 10.5. The minimum atomic E-state index is -4.40. The van der Waals surface area contributed by atoms with Gasteiger partial charge in [0.15, 0.2) is 0 Å². The topological polar surface area (TPSA) is 165 Å². The van der Waals surface area contributed by atoms with E-state index in [-0.39, 0.29) is 22.8 Å². The number of anilines is 2. The number of benzene rings is 4. The quantitative estimate of drug-likeness (QED) is 0.109. The molecule has 1 aliphatic rings. The lowest BCUT2D eigenvalue weighted by Gasteiger charge is -2.36. The van der Waals surface area contributed by atoms with Gasteiger partial charge in [-0.05, 0) is 70.4 Å². The normalized spacial score (nSPS) is 14.6. The van der Waals surface area contributed by atoms with E-state index in [4.69, 9.17) is 4.99 Å². The zero-order chi connectivity index (χ0) is 35.7. The molecule has 1 aliphatic heterocycles. The van der Waals surface area contributed by atoms with E-state index < -0.39 is 34.3 Å². The molecule has 0 aliphatic carbocycles. The first-order chi connectivity index (χ1) is 23.0. The van der Waals surface area contributed by atoms with Gasteiger partial charge in [-0.25, -0.2) is 0 Å². The summed E-state index contributed by atoms with van der Waals surface area (Å²) < 4.78 is 66.2. The van der Waals surface area contributed by atoms with Gasteiger partial charge in [-0.1, -0.05) is 55.6 Å². The van der Waals surface area contributed by atoms with Gasteiger partial charge in [-0.15, -0.1) is 0 Å². The molecule has 0 spiro atoms. The molecule has 0 fully saturated rings. The van der Waals surface area contributed by atoms with Crippen LogP contribution in [0.25, 0.3) is 0 Å². The fraction of sp³-hybridized carbons (Fsp3) is 0.257. The highest BCUT2D eigenvalue weighted by atomic mass is 32.2. The summed E-state index contributed by atoms with van der Waals surface area (Å²) in [4.78, 5) is 19.8. The SMILES string of the molecule is CN(Cc1ccc(S(=O)(=O)O)cc1)c1ccc2c(c1)[Si](C)(C)c1cc(N(C)Cc3ccccc3S(=O)(=O)O)ccc1C2=NCCCC(=O)O. The van der Waals surface area contributed by atoms with Crippen LogP contribution in [0.3, 0.4) is 0 Å². The van der Waals surface area contributed by atoms with Crippen molar-refractivity contribution in [3.05, 3.63) is 107 Å². The second-order valence-electron chi connectivity index (χ2n) is 12.7. The maximum atomic E-state index is 12.0. The van der Waals surface area contributed by atoms with Crippen molar-refractivity contribution in [3.63, 3.8) is 0 Å². The summed E-state index contributed by atoms with van der Waals surface area (Å²) in [6, 6.07) is 24.8. The van der Waals surface area contributed by atoms with Crippen LogP contribution >= 0.6 is 0 Å². The van der Waals surface area contributed by atoms with E-state index in [0.29, 0.717) is 25.1 Å². The summed E-state index contributed by atoms with van der Waals surface area (Å²) in [6.45, 7) is 5.60. The molecular formula is C35H39N3O8S2Si. The molecule has 0 amide bonds. The molecule has 258 valence electrons. The molecule has 0 saturated heterocycles. The second kappa shape index (κ2) is 13.9. The Balaban J connectivity index is 1.52. The number of rotatable bonds is 12. The highest BCUT2D eigenvalue weighted by Gasteiger charge is 2.38. The Bertz CT molecular complexity index is 2150. The maximum absolute atomic E-state index is 12.0. The summed E-state index contributed by atoms with van der Waals surface area (Å²) in [5.74, 6) is -0.873. The van der Waals surface area contributed by atoms with Gasteiger partial charge in [0.25, 0.3) is 20.2 Å². The molecule has 0 bridgehead atoms. The summed E-state index contributed by atoms with van der Waals surface area (Å²) >= 11 is 0. The Morgan fingerprint density at radius 3 is 1.84 bits per heavy atom. The highest BCUT2D eigenvalue weighted by molar-refractivity contribution is 7.86. The smallest absolute Gasteiger partial charge is 0.303 e. The van der Waals surface area contributed by atoms with Gasteiger partial charge in [-0.2, -0.15) is 16.8 Å². The molecule has 11 nitrogen and oxygen atoms in total. The van der Waals surface area contributed by atoms with E-state index in [9.17, 15) is 35.8 Å². The van der Waals surface area contributed by atoms with Gasteiger partial charge < -0.3 is 14.9 Å². The molecule has 4 aromatic carbocycles. The standard InChI is InChI=1S/C35H39N3O8S2Si/c1-37(22-24-11-15-28(16-12-24)47(41,42)43)26-13-17-29-32(20-26)49(3,4)33-21-27(14-18-30(33)35(29)36-19-7-10-34(39)40)38(2)23-25-8-5-6-9-31(25)48(44,45)46/h5-6,8-9,11-18,20-21H,7,10,19,22-23H2,1-4H3,(H,39,40)(H,41,42,43)(H,44,45,46). The van der Waals surface area contributed by atoms with Gasteiger partial charge in [-0.3, -0.25) is 18.9 Å². The zero-order valence-electron chi connectivity index (χ0n) is 27.7. The molecule has 1 heterocycles. The second-order valence-corrected chi connectivity index (χ2v) is 19.9. The molecule has 0 aromatic heterocycles.